The van der Waals surface area contributed by atoms with E-state index in [2.05, 4.69) is 10.3 Å². The maximum atomic E-state index is 13.0. The molecule has 6 nitrogen and oxygen atoms in total. The summed E-state index contributed by atoms with van der Waals surface area (Å²) in [5, 5.41) is 12.1. The summed E-state index contributed by atoms with van der Waals surface area (Å²) < 4.78 is 10.8. The molecule has 1 amide bonds. The van der Waals surface area contributed by atoms with Crippen LogP contribution in [0.4, 0.5) is 5.82 Å². The van der Waals surface area contributed by atoms with Crippen LogP contribution in [0.15, 0.2) is 60.8 Å². The smallest absolute Gasteiger partial charge is 0.236 e. The van der Waals surface area contributed by atoms with E-state index in [0.717, 1.165) is 35.1 Å². The number of rotatable bonds is 5. The van der Waals surface area contributed by atoms with Crippen molar-refractivity contribution < 1.29 is 20.8 Å². The molecule has 1 saturated carbocycles. The number of aliphatic hydroxyl groups excluding tert-OH is 1. The number of benzene rings is 2. The highest BCUT2D eigenvalue weighted by Gasteiger charge is 2.51. The average Bonchev–Trinajstić information content (AvgIpc) is 3.45. The van der Waals surface area contributed by atoms with Crippen molar-refractivity contribution >= 4 is 11.7 Å². The maximum Gasteiger partial charge on any atom is 0.236 e. The van der Waals surface area contributed by atoms with Crippen molar-refractivity contribution in [3.05, 3.63) is 71.9 Å². The Balaban J connectivity index is 0.00000218. The van der Waals surface area contributed by atoms with Gasteiger partial charge in [0.1, 0.15) is 5.82 Å². The minimum absolute atomic E-state index is 0. The number of hydrogen-bond donors (Lipinski definition) is 2. The van der Waals surface area contributed by atoms with Gasteiger partial charge in [-0.25, -0.2) is 4.98 Å². The highest BCUT2D eigenvalue weighted by atomic mass is 16.7. The molecule has 2 heterocycles. The maximum absolute atomic E-state index is 13.0. The van der Waals surface area contributed by atoms with E-state index in [1.807, 2.05) is 54.6 Å². The van der Waals surface area contributed by atoms with E-state index in [1.165, 1.54) is 0 Å². The van der Waals surface area contributed by atoms with Crippen LogP contribution in [-0.4, -0.2) is 22.8 Å². The predicted octanol–water partition coefficient (Wildman–Crippen LogP) is 3.89. The average molecular weight is 390 g/mol. The Bertz CT molecular complexity index is 1060. The second-order valence-corrected chi connectivity index (χ2v) is 7.39. The molecule has 0 atom stereocenters. The zero-order valence-corrected chi connectivity index (χ0v) is 15.7. The number of amides is 1. The van der Waals surface area contributed by atoms with Crippen molar-refractivity contribution in [1.29, 1.82) is 0 Å². The van der Waals surface area contributed by atoms with Gasteiger partial charge in [-0.1, -0.05) is 30.3 Å². The number of carbonyl (C=O) groups is 1. The largest absolute Gasteiger partial charge is 0.454 e. The molecule has 1 aliphatic carbocycles. The first-order valence-electron chi connectivity index (χ1n) is 9.56. The van der Waals surface area contributed by atoms with Crippen LogP contribution in [-0.2, 0) is 16.8 Å². The van der Waals surface area contributed by atoms with Crippen molar-refractivity contribution in [2.45, 2.75) is 24.9 Å². The lowest BCUT2D eigenvalue weighted by atomic mass is 9.94. The lowest BCUT2D eigenvalue weighted by molar-refractivity contribution is -0.118. The number of aromatic nitrogens is 1. The van der Waals surface area contributed by atoms with Gasteiger partial charge in [-0.3, -0.25) is 4.79 Å². The predicted molar refractivity (Wildman–Crippen MR) is 110 cm³/mol. The molecule has 1 aromatic heterocycles. The lowest BCUT2D eigenvalue weighted by Crippen LogP contribution is -2.28. The minimum atomic E-state index is -0.526. The van der Waals surface area contributed by atoms with Crippen LogP contribution in [0, 0.1) is 0 Å². The Kier molecular flexibility index (Phi) is 4.21. The zero-order valence-electron chi connectivity index (χ0n) is 15.7. The molecule has 0 spiro atoms. The van der Waals surface area contributed by atoms with E-state index >= 15 is 0 Å². The number of hydrogen-bond acceptors (Lipinski definition) is 5. The molecule has 3 aromatic rings. The third kappa shape index (κ3) is 3.21. The fraction of sp³-hybridized carbons (Fsp3) is 0.217. The van der Waals surface area contributed by atoms with Gasteiger partial charge in [0.15, 0.2) is 11.5 Å². The Morgan fingerprint density at radius 1 is 1.03 bits per heavy atom. The molecule has 0 unspecified atom stereocenters. The highest BCUT2D eigenvalue weighted by molar-refractivity contribution is 6.01. The topological polar surface area (TPSA) is 80.7 Å². The number of fused-ring (bicyclic) bond motifs is 1. The summed E-state index contributed by atoms with van der Waals surface area (Å²) in [7, 11) is 0. The monoisotopic (exact) mass is 390 g/mol. The van der Waals surface area contributed by atoms with Crippen LogP contribution >= 0.6 is 0 Å². The van der Waals surface area contributed by atoms with E-state index in [9.17, 15) is 4.79 Å². The number of anilines is 1. The van der Waals surface area contributed by atoms with Crippen molar-refractivity contribution in [1.82, 2.24) is 4.98 Å². The lowest BCUT2D eigenvalue weighted by Gasteiger charge is -2.16. The Labute approximate surface area is 169 Å². The van der Waals surface area contributed by atoms with Gasteiger partial charge in [0.25, 0.3) is 0 Å². The summed E-state index contributed by atoms with van der Waals surface area (Å²) in [5.74, 6) is 1.88. The third-order valence-corrected chi connectivity index (χ3v) is 5.58. The molecule has 1 aliphatic heterocycles. The zero-order chi connectivity index (χ0) is 19.8. The first-order valence-corrected chi connectivity index (χ1v) is 9.56. The number of pyridine rings is 1. The first-order chi connectivity index (χ1) is 14.2. The van der Waals surface area contributed by atoms with Gasteiger partial charge in [0, 0.05) is 13.2 Å². The molecule has 29 heavy (non-hydrogen) atoms. The third-order valence-electron chi connectivity index (χ3n) is 5.58. The summed E-state index contributed by atoms with van der Waals surface area (Å²) in [6.07, 6.45) is 3.34. The van der Waals surface area contributed by atoms with Gasteiger partial charge >= 0.3 is 0 Å². The van der Waals surface area contributed by atoms with Crippen LogP contribution in [0.2, 0.25) is 0 Å². The van der Waals surface area contributed by atoms with Gasteiger partial charge in [-0.2, -0.15) is 0 Å². The summed E-state index contributed by atoms with van der Waals surface area (Å²) in [4.78, 5) is 17.4. The number of nitrogens with one attached hydrogen (secondary N) is 1. The molecule has 0 saturated heterocycles. The van der Waals surface area contributed by atoms with E-state index in [1.54, 1.807) is 6.20 Å². The van der Waals surface area contributed by atoms with E-state index in [4.69, 9.17) is 14.6 Å². The molecule has 1 fully saturated rings. The number of aliphatic hydroxyl groups is 1. The van der Waals surface area contributed by atoms with Gasteiger partial charge in [-0.15, -0.1) is 0 Å². The number of nitrogens with zero attached hydrogens (tertiary/aromatic N) is 1. The van der Waals surface area contributed by atoms with Crippen molar-refractivity contribution in [3.8, 4) is 22.6 Å². The molecule has 0 radical (unpaired) electrons. The van der Waals surface area contributed by atoms with Gasteiger partial charge in [0.2, 0.25) is 12.7 Å². The molecule has 2 aliphatic rings. The Hall–Kier alpha value is -3.38. The first kappa shape index (κ1) is 17.7. The minimum Gasteiger partial charge on any atom is -0.454 e. The molecule has 5 rings (SSSR count). The Morgan fingerprint density at radius 2 is 1.79 bits per heavy atom. The molecular weight excluding hydrogens is 368 g/mol. The van der Waals surface area contributed by atoms with E-state index in [-0.39, 0.29) is 20.7 Å². The summed E-state index contributed by atoms with van der Waals surface area (Å²) in [5.41, 5.74) is 3.24. The van der Waals surface area contributed by atoms with Crippen LogP contribution in [0.3, 0.4) is 0 Å². The summed E-state index contributed by atoms with van der Waals surface area (Å²) >= 11 is 0. The van der Waals surface area contributed by atoms with Crippen molar-refractivity contribution in [2.24, 2.45) is 0 Å². The number of ether oxygens (including phenoxy) is 2. The van der Waals surface area contributed by atoms with Gasteiger partial charge in [0.05, 0.1) is 12.0 Å². The Morgan fingerprint density at radius 3 is 2.48 bits per heavy atom. The van der Waals surface area contributed by atoms with Crippen LogP contribution in [0.5, 0.6) is 11.5 Å². The fourth-order valence-corrected chi connectivity index (χ4v) is 3.64. The highest BCUT2D eigenvalue weighted by Crippen LogP contribution is 2.51. The molecule has 2 N–H and O–H groups in total. The van der Waals surface area contributed by atoms with Gasteiger partial charge in [-0.05, 0) is 53.8 Å². The van der Waals surface area contributed by atoms with E-state index in [0.29, 0.717) is 17.3 Å². The molecule has 6 heteroatoms. The van der Waals surface area contributed by atoms with E-state index < -0.39 is 5.41 Å². The quantitative estimate of drug-likeness (QED) is 0.691. The van der Waals surface area contributed by atoms with Crippen LogP contribution in [0.25, 0.3) is 11.1 Å². The van der Waals surface area contributed by atoms with Crippen LogP contribution in [0.1, 0.15) is 25.4 Å². The summed E-state index contributed by atoms with van der Waals surface area (Å²) in [6.45, 7) is 0.242. The van der Waals surface area contributed by atoms with Crippen molar-refractivity contribution in [2.75, 3.05) is 12.1 Å². The number of carbonyl (C=O) groups excluding carboxylic acids is 1. The van der Waals surface area contributed by atoms with Crippen LogP contribution < -0.4 is 14.8 Å². The molecule has 0 bridgehead atoms. The molecular formula is C23H22N2O4. The van der Waals surface area contributed by atoms with Gasteiger partial charge < -0.3 is 19.9 Å². The molecule has 2 aromatic carbocycles. The second-order valence-electron chi connectivity index (χ2n) is 7.39. The SMILES string of the molecule is O=C(Nc1ccc(-c2ccc(CO)cc2)cn1)C1(c2ccc3c(c2)OCO3)CC1.[HH]. The molecule has 148 valence electrons. The fourth-order valence-electron chi connectivity index (χ4n) is 3.64. The standard InChI is InChI=1S/C23H20N2O4.H2/c26-13-15-1-3-16(4-2-15)17-5-8-21(24-12-17)25-22(27)23(9-10-23)18-6-7-19-20(11-18)29-14-28-19;/h1-8,11-12,26H,9-10,13-14H2,(H,24,25,27);1H. The second kappa shape index (κ2) is 6.90. The summed E-state index contributed by atoms with van der Waals surface area (Å²) in [6, 6.07) is 17.1. The normalized spacial score (nSPS) is 15.8. The van der Waals surface area contributed by atoms with Crippen molar-refractivity contribution in [3.63, 3.8) is 0 Å².